The molecule has 0 bridgehead atoms. The second-order valence-electron chi connectivity index (χ2n) is 4.88. The van der Waals surface area contributed by atoms with E-state index in [4.69, 9.17) is 10.6 Å². The Hall–Kier alpha value is -1.44. The van der Waals surface area contributed by atoms with Crippen LogP contribution in [-0.2, 0) is 11.3 Å². The van der Waals surface area contributed by atoms with Gasteiger partial charge in [0.25, 0.3) is 0 Å². The highest BCUT2D eigenvalue weighted by atomic mass is 16.5. The zero-order valence-corrected chi connectivity index (χ0v) is 11.3. The van der Waals surface area contributed by atoms with Crippen LogP contribution < -0.4 is 16.2 Å². The minimum absolute atomic E-state index is 0.226. The average Bonchev–Trinajstić information content (AvgIpc) is 2.42. The molecule has 2 rings (SSSR count). The van der Waals surface area contributed by atoms with Crippen LogP contribution in [0.25, 0.3) is 0 Å². The molecule has 19 heavy (non-hydrogen) atoms. The maximum atomic E-state index is 9.77. The number of nitrogens with zero attached hydrogens (tertiary/aromatic N) is 3. The Morgan fingerprint density at radius 1 is 1.58 bits per heavy atom. The third-order valence-electron chi connectivity index (χ3n) is 3.36. The SMILES string of the molecule is COCc1nc(NN)cc(N2CCC(O)C(C)C2)n1. The Morgan fingerprint density at radius 2 is 2.37 bits per heavy atom. The van der Waals surface area contributed by atoms with E-state index in [9.17, 15) is 5.11 Å². The highest BCUT2D eigenvalue weighted by Gasteiger charge is 2.25. The molecule has 1 aliphatic heterocycles. The molecule has 2 atom stereocenters. The summed E-state index contributed by atoms with van der Waals surface area (Å²) < 4.78 is 5.06. The molecule has 4 N–H and O–H groups in total. The molecule has 1 aromatic rings. The van der Waals surface area contributed by atoms with E-state index in [2.05, 4.69) is 20.3 Å². The summed E-state index contributed by atoms with van der Waals surface area (Å²) in [7, 11) is 1.60. The Morgan fingerprint density at radius 3 is 3.00 bits per heavy atom. The fourth-order valence-corrected chi connectivity index (χ4v) is 2.25. The summed E-state index contributed by atoms with van der Waals surface area (Å²) in [5, 5.41) is 9.77. The number of aliphatic hydroxyl groups is 1. The van der Waals surface area contributed by atoms with Crippen molar-refractivity contribution in [3.8, 4) is 0 Å². The van der Waals surface area contributed by atoms with Crippen molar-refractivity contribution in [2.45, 2.75) is 26.1 Å². The molecule has 7 heteroatoms. The van der Waals surface area contributed by atoms with Crippen LogP contribution in [0.2, 0.25) is 0 Å². The maximum Gasteiger partial charge on any atom is 0.158 e. The predicted molar refractivity (Wildman–Crippen MR) is 72.6 cm³/mol. The van der Waals surface area contributed by atoms with Gasteiger partial charge in [-0.05, 0) is 12.3 Å². The molecule has 0 saturated carbocycles. The van der Waals surface area contributed by atoms with Gasteiger partial charge in [0.1, 0.15) is 18.2 Å². The number of piperidine rings is 1. The molecule has 0 aromatic carbocycles. The van der Waals surface area contributed by atoms with Crippen molar-refractivity contribution in [3.05, 3.63) is 11.9 Å². The maximum absolute atomic E-state index is 9.77. The van der Waals surface area contributed by atoms with Crippen LogP contribution in [0.4, 0.5) is 11.6 Å². The van der Waals surface area contributed by atoms with Crippen molar-refractivity contribution in [2.75, 3.05) is 30.5 Å². The summed E-state index contributed by atoms with van der Waals surface area (Å²) in [6, 6.07) is 1.81. The molecule has 0 amide bonds. The van der Waals surface area contributed by atoms with E-state index in [0.29, 0.717) is 18.2 Å². The number of hydrogen-bond donors (Lipinski definition) is 3. The molecular weight excluding hydrogens is 246 g/mol. The fourth-order valence-electron chi connectivity index (χ4n) is 2.25. The summed E-state index contributed by atoms with van der Waals surface area (Å²) in [6.07, 6.45) is 0.513. The number of ether oxygens (including phenoxy) is 1. The second kappa shape index (κ2) is 6.14. The van der Waals surface area contributed by atoms with Crippen LogP contribution in [0, 0.1) is 5.92 Å². The van der Waals surface area contributed by atoms with Crippen LogP contribution in [0.3, 0.4) is 0 Å². The summed E-state index contributed by atoms with van der Waals surface area (Å²) in [5.74, 6) is 7.62. The Balaban J connectivity index is 2.20. The fraction of sp³-hybridized carbons (Fsp3) is 0.667. The van der Waals surface area contributed by atoms with Gasteiger partial charge in [0.2, 0.25) is 0 Å². The van der Waals surface area contributed by atoms with Crippen LogP contribution in [0.5, 0.6) is 0 Å². The van der Waals surface area contributed by atoms with Crippen molar-refractivity contribution in [2.24, 2.45) is 11.8 Å². The first-order valence-electron chi connectivity index (χ1n) is 6.40. The van der Waals surface area contributed by atoms with Gasteiger partial charge in [-0.3, -0.25) is 0 Å². The van der Waals surface area contributed by atoms with Crippen LogP contribution in [0.15, 0.2) is 6.07 Å². The lowest BCUT2D eigenvalue weighted by Gasteiger charge is -2.35. The average molecular weight is 267 g/mol. The Kier molecular flexibility index (Phi) is 4.52. The number of nitrogens with one attached hydrogen (secondary N) is 1. The number of rotatable bonds is 4. The van der Waals surface area contributed by atoms with Gasteiger partial charge in [-0.25, -0.2) is 15.8 Å². The first-order chi connectivity index (χ1) is 9.13. The number of hydrogen-bond acceptors (Lipinski definition) is 7. The molecule has 0 radical (unpaired) electrons. The van der Waals surface area contributed by atoms with E-state index in [-0.39, 0.29) is 12.0 Å². The topological polar surface area (TPSA) is 96.5 Å². The number of aliphatic hydroxyl groups excluding tert-OH is 1. The lowest BCUT2D eigenvalue weighted by molar-refractivity contribution is 0.0968. The van der Waals surface area contributed by atoms with E-state index in [1.807, 2.05) is 13.0 Å². The molecule has 106 valence electrons. The van der Waals surface area contributed by atoms with Gasteiger partial charge < -0.3 is 20.2 Å². The van der Waals surface area contributed by atoms with Gasteiger partial charge in [0.05, 0.1) is 6.10 Å². The minimum Gasteiger partial charge on any atom is -0.393 e. The Labute approximate surface area is 112 Å². The number of aromatic nitrogens is 2. The molecule has 0 aliphatic carbocycles. The molecule has 0 spiro atoms. The number of nitrogens with two attached hydrogens (primary N) is 1. The standard InChI is InChI=1S/C12H21N5O2/c1-8-6-17(4-3-9(8)18)12-5-10(16-13)14-11(15-12)7-19-2/h5,8-9,18H,3-4,6-7,13H2,1-2H3,(H,14,15,16). The van der Waals surface area contributed by atoms with Crippen molar-refractivity contribution in [3.63, 3.8) is 0 Å². The summed E-state index contributed by atoms with van der Waals surface area (Å²) in [4.78, 5) is 10.8. The van der Waals surface area contributed by atoms with Gasteiger partial charge in [-0.2, -0.15) is 0 Å². The number of hydrazine groups is 1. The molecule has 1 saturated heterocycles. The minimum atomic E-state index is -0.233. The molecule has 1 aromatic heterocycles. The van der Waals surface area contributed by atoms with E-state index >= 15 is 0 Å². The molecule has 2 unspecified atom stereocenters. The summed E-state index contributed by atoms with van der Waals surface area (Å²) >= 11 is 0. The normalized spacial score (nSPS) is 23.5. The molecule has 2 heterocycles. The third-order valence-corrected chi connectivity index (χ3v) is 3.36. The van der Waals surface area contributed by atoms with Crippen LogP contribution in [0.1, 0.15) is 19.2 Å². The largest absolute Gasteiger partial charge is 0.393 e. The van der Waals surface area contributed by atoms with Crippen molar-refractivity contribution < 1.29 is 9.84 Å². The molecule has 1 aliphatic rings. The first kappa shape index (κ1) is 14.0. The number of anilines is 2. The van der Waals surface area contributed by atoms with E-state index in [1.54, 1.807) is 7.11 Å². The van der Waals surface area contributed by atoms with Crippen LogP contribution >= 0.6 is 0 Å². The van der Waals surface area contributed by atoms with Gasteiger partial charge in [0, 0.05) is 26.3 Å². The monoisotopic (exact) mass is 267 g/mol. The van der Waals surface area contributed by atoms with Crippen LogP contribution in [-0.4, -0.2) is 41.4 Å². The first-order valence-corrected chi connectivity index (χ1v) is 6.40. The highest BCUT2D eigenvalue weighted by molar-refractivity contribution is 5.49. The zero-order valence-electron chi connectivity index (χ0n) is 11.3. The lowest BCUT2D eigenvalue weighted by atomic mass is 9.97. The summed E-state index contributed by atoms with van der Waals surface area (Å²) in [6.45, 7) is 3.93. The van der Waals surface area contributed by atoms with E-state index in [0.717, 1.165) is 25.3 Å². The third kappa shape index (κ3) is 3.31. The zero-order chi connectivity index (χ0) is 13.8. The number of nitrogen functional groups attached to an aromatic ring is 1. The van der Waals surface area contributed by atoms with Crippen molar-refractivity contribution in [1.29, 1.82) is 0 Å². The summed E-state index contributed by atoms with van der Waals surface area (Å²) in [5.41, 5.74) is 2.54. The van der Waals surface area contributed by atoms with E-state index in [1.165, 1.54) is 0 Å². The molecule has 1 fully saturated rings. The second-order valence-corrected chi connectivity index (χ2v) is 4.88. The number of methoxy groups -OCH3 is 1. The smallest absolute Gasteiger partial charge is 0.158 e. The Bertz CT molecular complexity index is 429. The van der Waals surface area contributed by atoms with Gasteiger partial charge in [-0.15, -0.1) is 0 Å². The van der Waals surface area contributed by atoms with Gasteiger partial charge >= 0.3 is 0 Å². The molecular formula is C12H21N5O2. The quantitative estimate of drug-likeness (QED) is 0.526. The predicted octanol–water partition coefficient (Wildman–Crippen LogP) is 0.116. The van der Waals surface area contributed by atoms with Gasteiger partial charge in [-0.1, -0.05) is 6.92 Å². The highest BCUT2D eigenvalue weighted by Crippen LogP contribution is 2.23. The lowest BCUT2D eigenvalue weighted by Crippen LogP contribution is -2.42. The molecule has 7 nitrogen and oxygen atoms in total. The van der Waals surface area contributed by atoms with E-state index < -0.39 is 0 Å². The van der Waals surface area contributed by atoms with Crippen molar-refractivity contribution in [1.82, 2.24) is 9.97 Å². The van der Waals surface area contributed by atoms with Gasteiger partial charge in [0.15, 0.2) is 5.82 Å². The van der Waals surface area contributed by atoms with Crippen molar-refractivity contribution >= 4 is 11.6 Å².